The summed E-state index contributed by atoms with van der Waals surface area (Å²) in [6.45, 7) is 4.08. The van der Waals surface area contributed by atoms with E-state index in [0.29, 0.717) is 17.5 Å². The molecule has 0 aliphatic heterocycles. The molecule has 25 heavy (non-hydrogen) atoms. The summed E-state index contributed by atoms with van der Waals surface area (Å²) in [4.78, 5) is 9.04. The van der Waals surface area contributed by atoms with Gasteiger partial charge in [0, 0.05) is 23.4 Å². The summed E-state index contributed by atoms with van der Waals surface area (Å²) in [5, 5.41) is 6.41. The lowest BCUT2D eigenvalue weighted by molar-refractivity contribution is 0.628. The maximum Gasteiger partial charge on any atom is 0.229 e. The summed E-state index contributed by atoms with van der Waals surface area (Å²) in [5.74, 6) is 0.653. The molecular formula is C19H18ClFN4. The Balaban J connectivity index is 1.98. The van der Waals surface area contributed by atoms with Crippen LogP contribution in [0.2, 0.25) is 5.02 Å². The Hall–Kier alpha value is -2.66. The average molecular weight is 357 g/mol. The highest BCUT2D eigenvalue weighted by atomic mass is 35.5. The molecule has 0 aliphatic carbocycles. The summed E-state index contributed by atoms with van der Waals surface area (Å²) in [7, 11) is 0. The first-order chi connectivity index (χ1) is 12.0. The number of anilines is 3. The minimum Gasteiger partial charge on any atom is -0.368 e. The second-order valence-corrected chi connectivity index (χ2v) is 6.29. The molecule has 1 aromatic heterocycles. The molecule has 0 unspecified atom stereocenters. The van der Waals surface area contributed by atoms with Crippen molar-refractivity contribution in [2.45, 2.75) is 19.9 Å². The molecule has 0 spiro atoms. The number of nitrogens with zero attached hydrogens (tertiary/aromatic N) is 2. The van der Waals surface area contributed by atoms with E-state index in [0.717, 1.165) is 11.3 Å². The van der Waals surface area contributed by atoms with Crippen LogP contribution in [0.5, 0.6) is 0 Å². The van der Waals surface area contributed by atoms with E-state index in [-0.39, 0.29) is 11.1 Å². The SMILES string of the molecule is CC(C)Nc1cc(-c2ccccc2)nc(Nc2ccc(F)c(Cl)c2)n1. The van der Waals surface area contributed by atoms with Crippen LogP contribution in [0.25, 0.3) is 11.3 Å². The minimum atomic E-state index is -0.465. The fourth-order valence-electron chi connectivity index (χ4n) is 2.33. The Kier molecular flexibility index (Phi) is 5.14. The summed E-state index contributed by atoms with van der Waals surface area (Å²) in [6, 6.07) is 16.4. The highest BCUT2D eigenvalue weighted by Crippen LogP contribution is 2.25. The number of benzene rings is 2. The fraction of sp³-hybridized carbons (Fsp3) is 0.158. The smallest absolute Gasteiger partial charge is 0.229 e. The summed E-state index contributed by atoms with van der Waals surface area (Å²) in [6.07, 6.45) is 0. The third-order valence-electron chi connectivity index (χ3n) is 3.41. The lowest BCUT2D eigenvalue weighted by atomic mass is 10.1. The first-order valence-corrected chi connectivity index (χ1v) is 8.32. The highest BCUT2D eigenvalue weighted by molar-refractivity contribution is 6.31. The van der Waals surface area contributed by atoms with Gasteiger partial charge in [-0.1, -0.05) is 41.9 Å². The number of rotatable bonds is 5. The highest BCUT2D eigenvalue weighted by Gasteiger charge is 2.09. The van der Waals surface area contributed by atoms with Gasteiger partial charge in [-0.05, 0) is 32.0 Å². The third-order valence-corrected chi connectivity index (χ3v) is 3.70. The zero-order chi connectivity index (χ0) is 17.8. The van der Waals surface area contributed by atoms with Crippen molar-refractivity contribution in [3.63, 3.8) is 0 Å². The van der Waals surface area contributed by atoms with Crippen LogP contribution in [0.15, 0.2) is 54.6 Å². The van der Waals surface area contributed by atoms with E-state index >= 15 is 0 Å². The molecule has 0 radical (unpaired) electrons. The largest absolute Gasteiger partial charge is 0.368 e. The van der Waals surface area contributed by atoms with Crippen molar-refractivity contribution in [3.8, 4) is 11.3 Å². The molecule has 2 aromatic carbocycles. The maximum absolute atomic E-state index is 13.3. The Bertz CT molecular complexity index is 869. The van der Waals surface area contributed by atoms with Gasteiger partial charge in [-0.25, -0.2) is 9.37 Å². The predicted molar refractivity (Wildman–Crippen MR) is 101 cm³/mol. The van der Waals surface area contributed by atoms with E-state index in [4.69, 9.17) is 11.6 Å². The van der Waals surface area contributed by atoms with E-state index in [1.54, 1.807) is 6.07 Å². The van der Waals surface area contributed by atoms with Crippen molar-refractivity contribution in [1.29, 1.82) is 0 Å². The summed E-state index contributed by atoms with van der Waals surface area (Å²) >= 11 is 5.84. The van der Waals surface area contributed by atoms with Crippen LogP contribution in [-0.2, 0) is 0 Å². The van der Waals surface area contributed by atoms with Crippen molar-refractivity contribution in [1.82, 2.24) is 9.97 Å². The Morgan fingerprint density at radius 3 is 2.44 bits per heavy atom. The molecule has 6 heteroatoms. The summed E-state index contributed by atoms with van der Waals surface area (Å²) < 4.78 is 13.3. The second kappa shape index (κ2) is 7.49. The number of hydrogen-bond acceptors (Lipinski definition) is 4. The number of halogens is 2. The third kappa shape index (κ3) is 4.45. The Morgan fingerprint density at radius 2 is 1.76 bits per heavy atom. The Morgan fingerprint density at radius 1 is 1.00 bits per heavy atom. The van der Waals surface area contributed by atoms with Gasteiger partial charge in [0.15, 0.2) is 0 Å². The molecule has 0 atom stereocenters. The van der Waals surface area contributed by atoms with Gasteiger partial charge in [-0.3, -0.25) is 0 Å². The fourth-order valence-corrected chi connectivity index (χ4v) is 2.51. The quantitative estimate of drug-likeness (QED) is 0.633. The molecule has 0 saturated heterocycles. The predicted octanol–water partition coefficient (Wildman–Crippen LogP) is 5.50. The monoisotopic (exact) mass is 356 g/mol. The zero-order valence-corrected chi connectivity index (χ0v) is 14.7. The van der Waals surface area contributed by atoms with Crippen molar-refractivity contribution in [2.75, 3.05) is 10.6 Å². The van der Waals surface area contributed by atoms with Crippen LogP contribution in [0, 0.1) is 5.82 Å². The average Bonchev–Trinajstić information content (AvgIpc) is 2.58. The van der Waals surface area contributed by atoms with Crippen molar-refractivity contribution < 1.29 is 4.39 Å². The normalized spacial score (nSPS) is 10.8. The lowest BCUT2D eigenvalue weighted by Crippen LogP contribution is -2.12. The molecule has 2 N–H and O–H groups in total. The van der Waals surface area contributed by atoms with Gasteiger partial charge < -0.3 is 10.6 Å². The Labute approximate surface area is 151 Å². The van der Waals surface area contributed by atoms with Crippen LogP contribution < -0.4 is 10.6 Å². The molecule has 0 amide bonds. The van der Waals surface area contributed by atoms with Crippen LogP contribution in [-0.4, -0.2) is 16.0 Å². The van der Waals surface area contributed by atoms with Gasteiger partial charge in [0.1, 0.15) is 11.6 Å². The number of aromatic nitrogens is 2. The molecular weight excluding hydrogens is 339 g/mol. The maximum atomic E-state index is 13.3. The van der Waals surface area contributed by atoms with Gasteiger partial charge in [-0.2, -0.15) is 4.98 Å². The number of hydrogen-bond donors (Lipinski definition) is 2. The minimum absolute atomic E-state index is 0.0461. The van der Waals surface area contributed by atoms with E-state index in [1.165, 1.54) is 12.1 Å². The molecule has 1 heterocycles. The van der Waals surface area contributed by atoms with Crippen LogP contribution in [0.3, 0.4) is 0 Å². The van der Waals surface area contributed by atoms with Crippen LogP contribution in [0.4, 0.5) is 21.8 Å². The van der Waals surface area contributed by atoms with E-state index in [9.17, 15) is 4.39 Å². The van der Waals surface area contributed by atoms with Crippen LogP contribution >= 0.6 is 11.6 Å². The summed E-state index contributed by atoms with van der Waals surface area (Å²) in [5.41, 5.74) is 2.39. The molecule has 0 aliphatic rings. The van der Waals surface area contributed by atoms with Gasteiger partial charge in [0.2, 0.25) is 5.95 Å². The van der Waals surface area contributed by atoms with E-state index in [1.807, 2.05) is 50.2 Å². The van der Waals surface area contributed by atoms with Gasteiger partial charge in [0.05, 0.1) is 10.7 Å². The molecule has 0 bridgehead atoms. The first-order valence-electron chi connectivity index (χ1n) is 7.94. The van der Waals surface area contributed by atoms with Crippen LogP contribution in [0.1, 0.15) is 13.8 Å². The topological polar surface area (TPSA) is 49.8 Å². The molecule has 128 valence electrons. The van der Waals surface area contributed by atoms with E-state index in [2.05, 4.69) is 20.6 Å². The molecule has 3 rings (SSSR count). The molecule has 3 aromatic rings. The first kappa shape index (κ1) is 17.2. The van der Waals surface area contributed by atoms with E-state index < -0.39 is 5.82 Å². The standard InChI is InChI=1S/C19H18ClFN4/c1-12(2)22-18-11-17(13-6-4-3-5-7-13)24-19(25-18)23-14-8-9-16(21)15(20)10-14/h3-12H,1-2H3,(H2,22,23,24,25). The molecule has 0 saturated carbocycles. The van der Waals surface area contributed by atoms with Crippen molar-refractivity contribution in [2.24, 2.45) is 0 Å². The van der Waals surface area contributed by atoms with Gasteiger partial charge in [0.25, 0.3) is 0 Å². The second-order valence-electron chi connectivity index (χ2n) is 5.88. The lowest BCUT2D eigenvalue weighted by Gasteiger charge is -2.13. The molecule has 4 nitrogen and oxygen atoms in total. The zero-order valence-electron chi connectivity index (χ0n) is 13.9. The van der Waals surface area contributed by atoms with Gasteiger partial charge >= 0.3 is 0 Å². The van der Waals surface area contributed by atoms with Crippen molar-refractivity contribution in [3.05, 3.63) is 65.4 Å². The van der Waals surface area contributed by atoms with Crippen molar-refractivity contribution >= 4 is 29.1 Å². The molecule has 0 fully saturated rings. The number of nitrogens with one attached hydrogen (secondary N) is 2. The van der Waals surface area contributed by atoms with Gasteiger partial charge in [-0.15, -0.1) is 0 Å².